The molecule has 0 radical (unpaired) electrons. The van der Waals surface area contributed by atoms with Gasteiger partial charge in [-0.3, -0.25) is 9.59 Å². The molecule has 2 bridgehead atoms. The highest BCUT2D eigenvalue weighted by Crippen LogP contribution is 2.46. The van der Waals surface area contributed by atoms with Crippen LogP contribution in [0.5, 0.6) is 5.75 Å². The van der Waals surface area contributed by atoms with E-state index in [0.29, 0.717) is 25.3 Å². The Kier molecular flexibility index (Phi) is 7.55. The van der Waals surface area contributed by atoms with E-state index in [1.165, 1.54) is 0 Å². The maximum Gasteiger partial charge on any atom is 0.230 e. The van der Waals surface area contributed by atoms with Gasteiger partial charge in [0.05, 0.1) is 50.4 Å². The summed E-state index contributed by atoms with van der Waals surface area (Å²) in [6, 6.07) is 15.4. The average Bonchev–Trinajstić information content (AvgIpc) is 3.00. The molecule has 8 heteroatoms. The number of fused-ring (bicyclic) bond motifs is 4. The van der Waals surface area contributed by atoms with Gasteiger partial charge in [0.15, 0.2) is 0 Å². The number of carbonyl (C=O) groups is 2. The lowest BCUT2D eigenvalue weighted by atomic mass is 9.76. The van der Waals surface area contributed by atoms with E-state index in [1.807, 2.05) is 55.5 Å². The van der Waals surface area contributed by atoms with E-state index in [2.05, 4.69) is 10.6 Å². The van der Waals surface area contributed by atoms with Gasteiger partial charge in [0, 0.05) is 30.0 Å². The third-order valence-electron chi connectivity index (χ3n) is 7.43. The maximum absolute atomic E-state index is 13.2. The topological polar surface area (TPSA) is 106 Å². The van der Waals surface area contributed by atoms with Gasteiger partial charge < -0.3 is 30.0 Å². The van der Waals surface area contributed by atoms with Crippen LogP contribution >= 0.6 is 0 Å². The Balaban J connectivity index is 1.35. The summed E-state index contributed by atoms with van der Waals surface area (Å²) in [5, 5.41) is 16.2. The molecule has 3 aliphatic rings. The predicted molar refractivity (Wildman–Crippen MR) is 134 cm³/mol. The number of ether oxygens (including phenoxy) is 3. The molecule has 3 aliphatic heterocycles. The Hall–Kier alpha value is -2.94. The second-order valence-corrected chi connectivity index (χ2v) is 9.92. The molecular formula is C28H34N2O6. The molecule has 36 heavy (non-hydrogen) atoms. The average molecular weight is 495 g/mol. The van der Waals surface area contributed by atoms with Crippen LogP contribution in [0, 0.1) is 5.92 Å². The molecule has 3 N–H and O–H groups in total. The van der Waals surface area contributed by atoms with Gasteiger partial charge in [0.2, 0.25) is 11.8 Å². The quantitative estimate of drug-likeness (QED) is 0.545. The van der Waals surface area contributed by atoms with Crippen molar-refractivity contribution in [3.63, 3.8) is 0 Å². The summed E-state index contributed by atoms with van der Waals surface area (Å²) in [6.45, 7) is 2.98. The molecule has 2 aromatic rings. The number of rotatable bonds is 7. The van der Waals surface area contributed by atoms with Gasteiger partial charge in [-0.05, 0) is 37.1 Å². The highest BCUT2D eigenvalue weighted by molar-refractivity contribution is 5.95. The van der Waals surface area contributed by atoms with E-state index in [-0.39, 0.29) is 42.9 Å². The van der Waals surface area contributed by atoms with E-state index in [1.54, 1.807) is 0 Å². The van der Waals surface area contributed by atoms with Crippen molar-refractivity contribution in [3.8, 4) is 5.75 Å². The summed E-state index contributed by atoms with van der Waals surface area (Å²) in [5.74, 6) is -0.376. The zero-order valence-corrected chi connectivity index (χ0v) is 20.5. The molecule has 0 saturated carbocycles. The SMILES string of the molecule is C[C@H](NC(=O)C[C@@H]1C[C@H]2c3cc(ccc3OC3CCOCC3)NC(=O)[C@H]2[C@H](CO)O1)c1ccccc1. The van der Waals surface area contributed by atoms with Crippen molar-refractivity contribution in [1.29, 1.82) is 0 Å². The minimum atomic E-state index is -0.710. The number of nitrogens with one attached hydrogen (secondary N) is 2. The summed E-state index contributed by atoms with van der Waals surface area (Å²) in [6.07, 6.45) is 1.17. The Morgan fingerprint density at radius 1 is 1.19 bits per heavy atom. The molecular weight excluding hydrogens is 460 g/mol. The summed E-state index contributed by atoms with van der Waals surface area (Å²) < 4.78 is 18.0. The zero-order chi connectivity index (χ0) is 25.1. The minimum Gasteiger partial charge on any atom is -0.490 e. The fourth-order valence-electron chi connectivity index (χ4n) is 5.59. The standard InChI is InChI=1S/C28H34N2O6/c1-17(18-5-3-2-4-6-18)29-26(32)15-21-14-23-22-13-19(30-28(33)27(23)25(16-31)36-21)7-8-24(22)35-20-9-11-34-12-10-20/h2-8,13,17,20-21,23,25,27,31H,9-12,14-16H2,1H3,(H,29,32)(H,30,33)/t17-,21-,23-,25-,27+/m0/s1. The lowest BCUT2D eigenvalue weighted by Crippen LogP contribution is -2.48. The number of anilines is 1. The Morgan fingerprint density at radius 2 is 1.97 bits per heavy atom. The first-order valence-electron chi connectivity index (χ1n) is 12.8. The summed E-state index contributed by atoms with van der Waals surface area (Å²) in [5.41, 5.74) is 2.65. The van der Waals surface area contributed by atoms with Crippen molar-refractivity contribution in [3.05, 3.63) is 59.7 Å². The van der Waals surface area contributed by atoms with Gasteiger partial charge >= 0.3 is 0 Å². The molecule has 0 aromatic heterocycles. The van der Waals surface area contributed by atoms with Crippen molar-refractivity contribution in [1.82, 2.24) is 5.32 Å². The van der Waals surface area contributed by atoms with Crippen molar-refractivity contribution in [2.24, 2.45) is 5.92 Å². The summed E-state index contributed by atoms with van der Waals surface area (Å²) in [4.78, 5) is 26.1. The normalized spacial score (nSPS) is 26.8. The Morgan fingerprint density at radius 3 is 2.72 bits per heavy atom. The van der Waals surface area contributed by atoms with Gasteiger partial charge in [0.25, 0.3) is 0 Å². The van der Waals surface area contributed by atoms with Gasteiger partial charge in [-0.1, -0.05) is 30.3 Å². The lowest BCUT2D eigenvalue weighted by molar-refractivity contribution is -0.148. The van der Waals surface area contributed by atoms with Crippen LogP contribution in [-0.2, 0) is 19.1 Å². The molecule has 5 rings (SSSR count). The molecule has 2 aromatic carbocycles. The number of amides is 2. The van der Waals surface area contributed by atoms with Crippen molar-refractivity contribution >= 4 is 17.5 Å². The number of aliphatic hydroxyl groups is 1. The van der Waals surface area contributed by atoms with Gasteiger partial charge in [0.1, 0.15) is 11.9 Å². The van der Waals surface area contributed by atoms with Crippen LogP contribution in [0.2, 0.25) is 0 Å². The summed E-state index contributed by atoms with van der Waals surface area (Å²) >= 11 is 0. The van der Waals surface area contributed by atoms with Gasteiger partial charge in [-0.2, -0.15) is 0 Å². The number of hydrogen-bond donors (Lipinski definition) is 3. The van der Waals surface area contributed by atoms with Gasteiger partial charge in [-0.15, -0.1) is 0 Å². The molecule has 2 fully saturated rings. The number of hydrogen-bond acceptors (Lipinski definition) is 6. The fourth-order valence-corrected chi connectivity index (χ4v) is 5.59. The van der Waals surface area contributed by atoms with Crippen LogP contribution < -0.4 is 15.4 Å². The van der Waals surface area contributed by atoms with E-state index in [4.69, 9.17) is 14.2 Å². The number of carbonyl (C=O) groups excluding carboxylic acids is 2. The molecule has 5 atom stereocenters. The molecule has 8 nitrogen and oxygen atoms in total. The third kappa shape index (κ3) is 5.40. The molecule has 192 valence electrons. The minimum absolute atomic E-state index is 0.0562. The van der Waals surface area contributed by atoms with Crippen molar-refractivity contribution in [2.75, 3.05) is 25.1 Å². The lowest BCUT2D eigenvalue weighted by Gasteiger charge is -2.40. The second kappa shape index (κ2) is 11.0. The second-order valence-electron chi connectivity index (χ2n) is 9.92. The molecule has 0 spiro atoms. The van der Waals surface area contributed by atoms with Crippen LogP contribution in [0.3, 0.4) is 0 Å². The number of aliphatic hydroxyl groups excluding tert-OH is 1. The maximum atomic E-state index is 13.2. The monoisotopic (exact) mass is 494 g/mol. The van der Waals surface area contributed by atoms with Crippen LogP contribution in [-0.4, -0.2) is 55.1 Å². The first-order chi connectivity index (χ1) is 17.5. The Labute approximate surface area is 211 Å². The van der Waals surface area contributed by atoms with Crippen molar-refractivity contribution in [2.45, 2.75) is 62.9 Å². The highest BCUT2D eigenvalue weighted by Gasteiger charge is 2.46. The molecule has 2 amide bonds. The first-order valence-corrected chi connectivity index (χ1v) is 12.8. The summed E-state index contributed by atoms with van der Waals surface area (Å²) in [7, 11) is 0. The van der Waals surface area contributed by atoms with Crippen molar-refractivity contribution < 1.29 is 28.9 Å². The van der Waals surface area contributed by atoms with Crippen LogP contribution in [0.4, 0.5) is 5.69 Å². The van der Waals surface area contributed by atoms with Crippen LogP contribution in [0.25, 0.3) is 0 Å². The smallest absolute Gasteiger partial charge is 0.230 e. The molecule has 0 aliphatic carbocycles. The number of benzene rings is 2. The van der Waals surface area contributed by atoms with Gasteiger partial charge in [-0.25, -0.2) is 0 Å². The van der Waals surface area contributed by atoms with E-state index >= 15 is 0 Å². The van der Waals surface area contributed by atoms with Crippen LogP contribution in [0.15, 0.2) is 48.5 Å². The Bertz CT molecular complexity index is 1070. The molecule has 0 unspecified atom stereocenters. The molecule has 3 heterocycles. The molecule has 2 saturated heterocycles. The van der Waals surface area contributed by atoms with E-state index in [9.17, 15) is 14.7 Å². The fraction of sp³-hybridized carbons (Fsp3) is 0.500. The predicted octanol–water partition coefficient (Wildman–Crippen LogP) is 3.31. The first kappa shape index (κ1) is 24.7. The largest absolute Gasteiger partial charge is 0.490 e. The highest BCUT2D eigenvalue weighted by atomic mass is 16.5. The van der Waals surface area contributed by atoms with E-state index in [0.717, 1.165) is 29.7 Å². The zero-order valence-electron chi connectivity index (χ0n) is 20.5. The van der Waals surface area contributed by atoms with E-state index < -0.39 is 18.1 Å². The van der Waals surface area contributed by atoms with Crippen LogP contribution in [0.1, 0.15) is 55.7 Å². The third-order valence-corrected chi connectivity index (χ3v) is 7.43.